The number of nitrogens with one attached hydrogen (secondary N) is 1. The smallest absolute Gasteiger partial charge is 0.270 e. The number of carbonyl (C=O) groups is 1. The monoisotopic (exact) mass is 489 g/mol. The van der Waals surface area contributed by atoms with Gasteiger partial charge in [-0.3, -0.25) is 20.2 Å². The van der Waals surface area contributed by atoms with Gasteiger partial charge in [-0.1, -0.05) is 37.3 Å². The molecule has 0 saturated carbocycles. The Kier molecular flexibility index (Phi) is 7.84. The zero-order valence-corrected chi connectivity index (χ0v) is 19.7. The van der Waals surface area contributed by atoms with Crippen LogP contribution in [0.2, 0.25) is 0 Å². The minimum absolute atomic E-state index is 0.0697. The lowest BCUT2D eigenvalue weighted by Gasteiger charge is -2.21. The fraction of sp³-hybridized carbons (Fsp3) is 0.286. The van der Waals surface area contributed by atoms with Crippen LogP contribution in [-0.2, 0) is 10.0 Å². The summed E-state index contributed by atoms with van der Waals surface area (Å²) < 4.78 is 27.2. The van der Waals surface area contributed by atoms with Crippen molar-refractivity contribution in [2.24, 2.45) is 0 Å². The van der Waals surface area contributed by atoms with E-state index in [9.17, 15) is 23.3 Å². The molecule has 0 saturated heterocycles. The summed E-state index contributed by atoms with van der Waals surface area (Å²) >= 11 is 1.07. The number of aromatic nitrogens is 2. The number of benzene rings is 2. The van der Waals surface area contributed by atoms with Crippen molar-refractivity contribution >= 4 is 38.1 Å². The van der Waals surface area contributed by atoms with E-state index in [0.717, 1.165) is 11.3 Å². The molecule has 0 aliphatic rings. The highest BCUT2D eigenvalue weighted by atomic mass is 32.2. The van der Waals surface area contributed by atoms with Crippen molar-refractivity contribution in [2.45, 2.75) is 31.6 Å². The molecule has 2 aromatic carbocycles. The summed E-state index contributed by atoms with van der Waals surface area (Å²) in [6.45, 7) is 4.71. The average Bonchev–Trinajstić information content (AvgIpc) is 3.27. The summed E-state index contributed by atoms with van der Waals surface area (Å²) in [4.78, 5) is 23.2. The molecule has 33 heavy (non-hydrogen) atoms. The van der Waals surface area contributed by atoms with Crippen molar-refractivity contribution in [1.29, 1.82) is 0 Å². The third kappa shape index (κ3) is 5.78. The predicted molar refractivity (Wildman–Crippen MR) is 126 cm³/mol. The van der Waals surface area contributed by atoms with E-state index in [4.69, 9.17) is 0 Å². The Morgan fingerprint density at radius 2 is 1.76 bits per heavy atom. The van der Waals surface area contributed by atoms with Gasteiger partial charge >= 0.3 is 0 Å². The normalized spacial score (nSPS) is 11.5. The molecule has 0 aliphatic carbocycles. The topological polar surface area (TPSA) is 135 Å². The second-order valence-electron chi connectivity index (χ2n) is 7.10. The number of nitro benzene ring substituents is 1. The number of hydrogen-bond acceptors (Lipinski definition) is 8. The minimum Gasteiger partial charge on any atom is -0.296 e. The molecule has 3 aromatic rings. The van der Waals surface area contributed by atoms with Crippen LogP contribution >= 0.6 is 11.3 Å². The van der Waals surface area contributed by atoms with Gasteiger partial charge in [-0.2, -0.15) is 4.31 Å². The molecule has 0 bridgehead atoms. The van der Waals surface area contributed by atoms with Gasteiger partial charge in [0.25, 0.3) is 11.6 Å². The molecule has 0 aliphatic heterocycles. The summed E-state index contributed by atoms with van der Waals surface area (Å²) in [5.74, 6) is -0.473. The van der Waals surface area contributed by atoms with Crippen LogP contribution in [0.3, 0.4) is 0 Å². The molecule has 3 rings (SSSR count). The molecule has 0 spiro atoms. The number of anilines is 1. The van der Waals surface area contributed by atoms with Gasteiger partial charge in [-0.25, -0.2) is 8.42 Å². The van der Waals surface area contributed by atoms with E-state index in [-0.39, 0.29) is 21.3 Å². The van der Waals surface area contributed by atoms with E-state index in [1.54, 1.807) is 12.1 Å². The van der Waals surface area contributed by atoms with Gasteiger partial charge in [0.05, 0.1) is 9.82 Å². The molecule has 0 radical (unpaired) electrons. The highest BCUT2D eigenvalue weighted by molar-refractivity contribution is 7.89. The quantitative estimate of drug-likeness (QED) is 0.333. The number of amides is 1. The first-order valence-corrected chi connectivity index (χ1v) is 12.5. The molecule has 0 fully saturated rings. The van der Waals surface area contributed by atoms with E-state index >= 15 is 0 Å². The maximum absolute atomic E-state index is 12.9. The van der Waals surface area contributed by atoms with Crippen LogP contribution in [0.15, 0.2) is 53.4 Å². The standard InChI is InChI=1S/C21H23N5O5S2/c1-3-12-25(13-4-2)33(30,31)18-10-8-15(9-11-18)19(27)22-21-24-23-20(32-21)16-6-5-7-17(14-16)26(28)29/h5-11,14H,3-4,12-13H2,1-2H3,(H,22,24,27). The Labute approximate surface area is 195 Å². The van der Waals surface area contributed by atoms with Crippen LogP contribution in [0, 0.1) is 10.1 Å². The molecule has 0 unspecified atom stereocenters. The number of hydrogen-bond donors (Lipinski definition) is 1. The van der Waals surface area contributed by atoms with E-state index < -0.39 is 20.9 Å². The van der Waals surface area contributed by atoms with Crippen LogP contribution in [-0.4, -0.2) is 46.8 Å². The van der Waals surface area contributed by atoms with Crippen molar-refractivity contribution in [3.8, 4) is 10.6 Å². The molecule has 1 aromatic heterocycles. The van der Waals surface area contributed by atoms with E-state index in [0.29, 0.717) is 36.5 Å². The van der Waals surface area contributed by atoms with Crippen LogP contribution in [0.5, 0.6) is 0 Å². The largest absolute Gasteiger partial charge is 0.296 e. The van der Waals surface area contributed by atoms with Crippen molar-refractivity contribution in [3.63, 3.8) is 0 Å². The SMILES string of the molecule is CCCN(CCC)S(=O)(=O)c1ccc(C(=O)Nc2nnc(-c3cccc([N+](=O)[O-])c3)s2)cc1. The molecule has 1 amide bonds. The number of rotatable bonds is 10. The molecule has 12 heteroatoms. The van der Waals surface area contributed by atoms with Gasteiger partial charge < -0.3 is 0 Å². The number of sulfonamides is 1. The molecule has 0 atom stereocenters. The fourth-order valence-corrected chi connectivity index (χ4v) is 5.45. The Balaban J connectivity index is 1.73. The molecular formula is C21H23N5O5S2. The Bertz CT molecular complexity index is 1240. The van der Waals surface area contributed by atoms with Gasteiger partial charge in [-0.15, -0.1) is 10.2 Å². The van der Waals surface area contributed by atoms with Gasteiger partial charge in [0.2, 0.25) is 15.2 Å². The molecule has 10 nitrogen and oxygen atoms in total. The van der Waals surface area contributed by atoms with Gasteiger partial charge in [0, 0.05) is 36.3 Å². The summed E-state index contributed by atoms with van der Waals surface area (Å²) in [5.41, 5.74) is 0.707. The van der Waals surface area contributed by atoms with Gasteiger partial charge in [0.15, 0.2) is 0 Å². The van der Waals surface area contributed by atoms with E-state index in [1.165, 1.54) is 40.7 Å². The number of nitrogens with zero attached hydrogens (tertiary/aromatic N) is 4. The maximum atomic E-state index is 12.9. The predicted octanol–water partition coefficient (Wildman–Crippen LogP) is 4.18. The zero-order valence-electron chi connectivity index (χ0n) is 18.1. The second-order valence-corrected chi connectivity index (χ2v) is 10.0. The third-order valence-electron chi connectivity index (χ3n) is 4.65. The van der Waals surface area contributed by atoms with Crippen LogP contribution in [0.25, 0.3) is 10.6 Å². The Morgan fingerprint density at radius 1 is 1.09 bits per heavy atom. The first-order chi connectivity index (χ1) is 15.8. The second kappa shape index (κ2) is 10.6. The number of non-ortho nitro benzene ring substituents is 1. The van der Waals surface area contributed by atoms with Crippen LogP contribution < -0.4 is 5.32 Å². The fourth-order valence-electron chi connectivity index (χ4n) is 3.09. The van der Waals surface area contributed by atoms with Crippen molar-refractivity contribution in [1.82, 2.24) is 14.5 Å². The average molecular weight is 490 g/mol. The van der Waals surface area contributed by atoms with Crippen LogP contribution in [0.1, 0.15) is 37.0 Å². The van der Waals surface area contributed by atoms with Crippen molar-refractivity contribution < 1.29 is 18.1 Å². The van der Waals surface area contributed by atoms with E-state index in [1.807, 2.05) is 13.8 Å². The molecular weight excluding hydrogens is 466 g/mol. The summed E-state index contributed by atoms with van der Waals surface area (Å²) in [7, 11) is -3.63. The Morgan fingerprint density at radius 3 is 2.36 bits per heavy atom. The highest BCUT2D eigenvalue weighted by Crippen LogP contribution is 2.29. The lowest BCUT2D eigenvalue weighted by Crippen LogP contribution is -2.32. The first kappa shape index (κ1) is 24.4. The van der Waals surface area contributed by atoms with Crippen molar-refractivity contribution in [3.05, 3.63) is 64.2 Å². The number of nitro groups is 1. The van der Waals surface area contributed by atoms with Crippen molar-refractivity contribution in [2.75, 3.05) is 18.4 Å². The lowest BCUT2D eigenvalue weighted by atomic mass is 10.2. The summed E-state index contributed by atoms with van der Waals surface area (Å²) in [6.07, 6.45) is 1.42. The minimum atomic E-state index is -3.63. The molecule has 1 heterocycles. The molecule has 174 valence electrons. The first-order valence-electron chi connectivity index (χ1n) is 10.3. The third-order valence-corrected chi connectivity index (χ3v) is 7.45. The highest BCUT2D eigenvalue weighted by Gasteiger charge is 2.23. The van der Waals surface area contributed by atoms with Crippen LogP contribution in [0.4, 0.5) is 10.8 Å². The summed E-state index contributed by atoms with van der Waals surface area (Å²) in [5, 5.41) is 22.1. The number of carbonyl (C=O) groups excluding carboxylic acids is 1. The Hall–Kier alpha value is -3.22. The van der Waals surface area contributed by atoms with Gasteiger partial charge in [0.1, 0.15) is 5.01 Å². The zero-order chi connectivity index (χ0) is 24.0. The maximum Gasteiger partial charge on any atom is 0.270 e. The summed E-state index contributed by atoms with van der Waals surface area (Å²) in [6, 6.07) is 11.7. The lowest BCUT2D eigenvalue weighted by molar-refractivity contribution is -0.384. The molecule has 1 N–H and O–H groups in total. The van der Waals surface area contributed by atoms with Gasteiger partial charge in [-0.05, 0) is 37.1 Å². The van der Waals surface area contributed by atoms with E-state index in [2.05, 4.69) is 15.5 Å².